The fourth-order valence-corrected chi connectivity index (χ4v) is 2.65. The van der Waals surface area contributed by atoms with Crippen LogP contribution < -0.4 is 10.1 Å². The molecule has 0 radical (unpaired) electrons. The summed E-state index contributed by atoms with van der Waals surface area (Å²) in [6.45, 7) is 3.62. The van der Waals surface area contributed by atoms with E-state index in [-0.39, 0.29) is 11.9 Å². The molecule has 3 aromatic rings. The maximum atomic E-state index is 12.3. The van der Waals surface area contributed by atoms with Gasteiger partial charge in [-0.25, -0.2) is 0 Å². The average Bonchev–Trinajstić information content (AvgIpc) is 3.01. The molecule has 1 aromatic heterocycles. The second-order valence-electron chi connectivity index (χ2n) is 5.63. The van der Waals surface area contributed by atoms with Crippen molar-refractivity contribution in [3.8, 4) is 5.75 Å². The van der Waals surface area contributed by atoms with E-state index in [1.807, 2.05) is 61.5 Å². The maximum absolute atomic E-state index is 12.3. The van der Waals surface area contributed by atoms with Crippen LogP contribution in [0, 0.1) is 0 Å². The lowest BCUT2D eigenvalue weighted by atomic mass is 10.2. The summed E-state index contributed by atoms with van der Waals surface area (Å²) in [6.07, 6.45) is -0.599. The molecule has 0 aliphatic heterocycles. The molecule has 0 aliphatic carbocycles. The first-order valence-corrected chi connectivity index (χ1v) is 8.53. The number of furan rings is 1. The molecule has 5 heteroatoms. The average molecular weight is 388 g/mol. The van der Waals surface area contributed by atoms with Gasteiger partial charge in [0.15, 0.2) is 6.10 Å². The van der Waals surface area contributed by atoms with E-state index in [1.165, 1.54) is 0 Å². The monoisotopic (exact) mass is 387 g/mol. The van der Waals surface area contributed by atoms with Crippen molar-refractivity contribution in [2.24, 2.45) is 0 Å². The highest BCUT2D eigenvalue weighted by Crippen LogP contribution is 2.24. The summed E-state index contributed by atoms with van der Waals surface area (Å²) in [5.41, 5.74) is 0.813. The highest BCUT2D eigenvalue weighted by molar-refractivity contribution is 9.10. The molecule has 1 amide bonds. The summed E-state index contributed by atoms with van der Waals surface area (Å²) in [7, 11) is 0. The van der Waals surface area contributed by atoms with Crippen LogP contribution in [0.15, 0.2) is 63.5 Å². The number of amides is 1. The number of halogens is 1. The highest BCUT2D eigenvalue weighted by atomic mass is 79.9. The minimum Gasteiger partial charge on any atom is -0.481 e. The number of carbonyl (C=O) groups is 1. The Morgan fingerprint density at radius 3 is 2.54 bits per heavy atom. The van der Waals surface area contributed by atoms with Crippen molar-refractivity contribution >= 4 is 32.8 Å². The molecular formula is C19H18BrNO3. The first-order chi connectivity index (χ1) is 11.5. The molecular weight excluding hydrogens is 370 g/mol. The van der Waals surface area contributed by atoms with Crippen molar-refractivity contribution in [3.63, 3.8) is 0 Å². The highest BCUT2D eigenvalue weighted by Gasteiger charge is 2.19. The number of benzene rings is 2. The van der Waals surface area contributed by atoms with E-state index >= 15 is 0 Å². The van der Waals surface area contributed by atoms with Crippen molar-refractivity contribution in [2.45, 2.75) is 26.0 Å². The van der Waals surface area contributed by atoms with Crippen LogP contribution in [0.1, 0.15) is 25.6 Å². The molecule has 0 saturated heterocycles. The second-order valence-corrected chi connectivity index (χ2v) is 6.55. The van der Waals surface area contributed by atoms with Gasteiger partial charge in [0.05, 0.1) is 6.04 Å². The van der Waals surface area contributed by atoms with Crippen molar-refractivity contribution in [2.75, 3.05) is 0 Å². The minimum atomic E-state index is -0.599. The summed E-state index contributed by atoms with van der Waals surface area (Å²) in [5.74, 6) is 1.18. The van der Waals surface area contributed by atoms with E-state index in [0.29, 0.717) is 5.75 Å². The molecule has 0 bridgehead atoms. The Labute approximate surface area is 148 Å². The number of fused-ring (bicyclic) bond motifs is 1. The van der Waals surface area contributed by atoms with Crippen LogP contribution in [0.5, 0.6) is 5.75 Å². The number of nitrogens with one attached hydrogen (secondary N) is 1. The van der Waals surface area contributed by atoms with Crippen LogP contribution in [0.4, 0.5) is 0 Å². The van der Waals surface area contributed by atoms with Gasteiger partial charge in [0, 0.05) is 9.86 Å². The summed E-state index contributed by atoms with van der Waals surface area (Å²) in [5, 5.41) is 3.94. The van der Waals surface area contributed by atoms with Crippen LogP contribution in [-0.4, -0.2) is 12.0 Å². The molecule has 0 saturated carbocycles. The van der Waals surface area contributed by atoms with E-state index in [0.717, 1.165) is 21.2 Å². The SMILES string of the molecule is C[C@@H](Oc1ccc(Br)cc1)C(=O)N[C@H](C)c1cc2ccccc2o1. The fraction of sp³-hybridized carbons (Fsp3) is 0.211. The normalized spacial score (nSPS) is 13.5. The Hall–Kier alpha value is -2.27. The Morgan fingerprint density at radius 2 is 1.83 bits per heavy atom. The molecule has 124 valence electrons. The zero-order valence-corrected chi connectivity index (χ0v) is 15.0. The van der Waals surface area contributed by atoms with Gasteiger partial charge in [-0.2, -0.15) is 0 Å². The molecule has 1 heterocycles. The molecule has 0 aliphatic rings. The van der Waals surface area contributed by atoms with Crippen LogP contribution >= 0.6 is 15.9 Å². The van der Waals surface area contributed by atoms with E-state index in [4.69, 9.17) is 9.15 Å². The fourth-order valence-electron chi connectivity index (χ4n) is 2.39. The predicted octanol–water partition coefficient (Wildman–Crippen LogP) is 4.84. The standard InChI is InChI=1S/C19H18BrNO3/c1-12(18-11-14-5-3-4-6-17(14)24-18)21-19(22)13(2)23-16-9-7-15(20)8-10-16/h3-13H,1-2H3,(H,21,22)/t12-,13-/m1/s1. The van der Waals surface area contributed by atoms with E-state index < -0.39 is 6.10 Å². The number of ether oxygens (including phenoxy) is 1. The quantitative estimate of drug-likeness (QED) is 0.681. The summed E-state index contributed by atoms with van der Waals surface area (Å²) < 4.78 is 12.4. The molecule has 1 N–H and O–H groups in total. The molecule has 3 rings (SSSR count). The largest absolute Gasteiger partial charge is 0.481 e. The Bertz CT molecular complexity index is 808. The van der Waals surface area contributed by atoms with Gasteiger partial charge in [0.25, 0.3) is 5.91 Å². The minimum absolute atomic E-state index is 0.189. The van der Waals surface area contributed by atoms with Crippen molar-refractivity contribution in [1.82, 2.24) is 5.32 Å². The topological polar surface area (TPSA) is 51.5 Å². The predicted molar refractivity (Wildman–Crippen MR) is 97.0 cm³/mol. The number of hydrogen-bond donors (Lipinski definition) is 1. The molecule has 0 unspecified atom stereocenters. The molecule has 2 atom stereocenters. The lowest BCUT2D eigenvalue weighted by Crippen LogP contribution is -2.37. The summed E-state index contributed by atoms with van der Waals surface area (Å²) >= 11 is 3.37. The smallest absolute Gasteiger partial charge is 0.261 e. The van der Waals surface area contributed by atoms with E-state index in [9.17, 15) is 4.79 Å². The molecule has 2 aromatic carbocycles. The van der Waals surface area contributed by atoms with Crippen LogP contribution in [0.25, 0.3) is 11.0 Å². The van der Waals surface area contributed by atoms with Crippen LogP contribution in [0.2, 0.25) is 0 Å². The van der Waals surface area contributed by atoms with Gasteiger partial charge in [-0.3, -0.25) is 4.79 Å². The first-order valence-electron chi connectivity index (χ1n) is 7.74. The number of para-hydroxylation sites is 1. The van der Waals surface area contributed by atoms with Gasteiger partial charge in [-0.05, 0) is 50.2 Å². The van der Waals surface area contributed by atoms with Crippen molar-refractivity contribution < 1.29 is 13.9 Å². The lowest BCUT2D eigenvalue weighted by molar-refractivity contribution is -0.128. The van der Waals surface area contributed by atoms with Gasteiger partial charge < -0.3 is 14.5 Å². The third-order valence-corrected chi connectivity index (χ3v) is 4.25. The van der Waals surface area contributed by atoms with Gasteiger partial charge in [-0.15, -0.1) is 0 Å². The second kappa shape index (κ2) is 7.09. The third kappa shape index (κ3) is 3.79. The number of hydrogen-bond acceptors (Lipinski definition) is 3. The zero-order valence-electron chi connectivity index (χ0n) is 13.5. The Balaban J connectivity index is 1.63. The maximum Gasteiger partial charge on any atom is 0.261 e. The Kier molecular flexibility index (Phi) is 4.90. The Morgan fingerprint density at radius 1 is 1.12 bits per heavy atom. The molecule has 4 nitrogen and oxygen atoms in total. The van der Waals surface area contributed by atoms with E-state index in [2.05, 4.69) is 21.2 Å². The van der Waals surface area contributed by atoms with E-state index in [1.54, 1.807) is 6.92 Å². The number of rotatable bonds is 5. The van der Waals surface area contributed by atoms with Gasteiger partial charge in [0.2, 0.25) is 0 Å². The zero-order chi connectivity index (χ0) is 17.1. The lowest BCUT2D eigenvalue weighted by Gasteiger charge is -2.17. The van der Waals surface area contributed by atoms with Crippen LogP contribution in [-0.2, 0) is 4.79 Å². The van der Waals surface area contributed by atoms with Crippen molar-refractivity contribution in [1.29, 1.82) is 0 Å². The van der Waals surface area contributed by atoms with Gasteiger partial charge in [-0.1, -0.05) is 34.1 Å². The number of carbonyl (C=O) groups excluding carboxylic acids is 1. The molecule has 0 fully saturated rings. The molecule has 24 heavy (non-hydrogen) atoms. The summed E-state index contributed by atoms with van der Waals surface area (Å²) in [6, 6.07) is 16.9. The first kappa shape index (κ1) is 16.6. The summed E-state index contributed by atoms with van der Waals surface area (Å²) in [4.78, 5) is 12.3. The van der Waals surface area contributed by atoms with Crippen molar-refractivity contribution in [3.05, 3.63) is 64.8 Å². The van der Waals surface area contributed by atoms with Crippen LogP contribution in [0.3, 0.4) is 0 Å². The third-order valence-electron chi connectivity index (χ3n) is 3.73. The van der Waals surface area contributed by atoms with Gasteiger partial charge >= 0.3 is 0 Å². The molecule has 0 spiro atoms. The van der Waals surface area contributed by atoms with Gasteiger partial charge in [0.1, 0.15) is 17.1 Å².